The first-order valence-electron chi connectivity index (χ1n) is 11.4. The molecule has 3 aromatic carbocycles. The molecule has 2 heterocycles. The molecule has 1 aliphatic heterocycles. The van der Waals surface area contributed by atoms with Crippen molar-refractivity contribution in [1.82, 2.24) is 19.4 Å². The van der Waals surface area contributed by atoms with Crippen molar-refractivity contribution in [2.45, 2.75) is 36.0 Å². The second-order valence-corrected chi connectivity index (χ2v) is 13.4. The first-order chi connectivity index (χ1) is 17.5. The van der Waals surface area contributed by atoms with Crippen molar-refractivity contribution in [2.75, 3.05) is 0 Å². The summed E-state index contributed by atoms with van der Waals surface area (Å²) in [5, 5.41) is -0.949. The summed E-state index contributed by atoms with van der Waals surface area (Å²) in [5.74, 6) is -0.0740. The molecule has 4 aromatic rings. The molecule has 0 spiro atoms. The summed E-state index contributed by atoms with van der Waals surface area (Å²) < 4.78 is 56.7. The Kier molecular flexibility index (Phi) is 6.69. The lowest BCUT2D eigenvalue weighted by molar-refractivity contribution is -0.118. The topological polar surface area (TPSA) is 138 Å². The maximum atomic E-state index is 13.3. The van der Waals surface area contributed by atoms with Gasteiger partial charge >= 0.3 is 0 Å². The van der Waals surface area contributed by atoms with E-state index < -0.39 is 37.2 Å². The third-order valence-electron chi connectivity index (χ3n) is 6.26. The highest BCUT2D eigenvalue weighted by atomic mass is 79.9. The molecule has 5 rings (SSSR count). The van der Waals surface area contributed by atoms with Crippen molar-refractivity contribution >= 4 is 52.9 Å². The molecule has 0 bridgehead atoms. The number of fused-ring (bicyclic) bond motifs is 1. The van der Waals surface area contributed by atoms with Crippen LogP contribution < -0.4 is 9.44 Å². The molecule has 0 radical (unpaired) electrons. The lowest BCUT2D eigenvalue weighted by atomic mass is 9.97. The zero-order valence-corrected chi connectivity index (χ0v) is 22.8. The predicted octanol–water partition coefficient (Wildman–Crippen LogP) is 3.79. The number of benzene rings is 3. The first kappa shape index (κ1) is 25.6. The van der Waals surface area contributed by atoms with E-state index in [0.717, 1.165) is 11.1 Å². The van der Waals surface area contributed by atoms with Gasteiger partial charge in [0, 0.05) is 4.47 Å². The van der Waals surface area contributed by atoms with Crippen molar-refractivity contribution < 1.29 is 21.6 Å². The van der Waals surface area contributed by atoms with Gasteiger partial charge in [0.2, 0.25) is 26.0 Å². The third-order valence-corrected chi connectivity index (χ3v) is 9.91. The van der Waals surface area contributed by atoms with Crippen LogP contribution in [0, 0.1) is 6.92 Å². The fourth-order valence-corrected chi connectivity index (χ4v) is 7.82. The summed E-state index contributed by atoms with van der Waals surface area (Å²) in [5.41, 5.74) is 3.50. The van der Waals surface area contributed by atoms with Gasteiger partial charge in [-0.2, -0.15) is 0 Å². The highest BCUT2D eigenvalue weighted by molar-refractivity contribution is 9.10. The molecule has 1 unspecified atom stereocenters. The van der Waals surface area contributed by atoms with Crippen LogP contribution in [0.1, 0.15) is 40.2 Å². The van der Waals surface area contributed by atoms with Crippen molar-refractivity contribution in [3.8, 4) is 0 Å². The number of hydrogen-bond donors (Lipinski definition) is 3. The Bertz CT molecular complexity index is 1700. The number of carbonyl (C=O) groups is 1. The maximum absolute atomic E-state index is 13.3. The zero-order chi connectivity index (χ0) is 26.4. The highest BCUT2D eigenvalue weighted by Crippen LogP contribution is 2.33. The minimum absolute atomic E-state index is 0.109. The van der Waals surface area contributed by atoms with Crippen molar-refractivity contribution in [1.29, 1.82) is 0 Å². The molecule has 0 aliphatic carbocycles. The normalized spacial score (nSPS) is 18.1. The van der Waals surface area contributed by atoms with Gasteiger partial charge in [0.05, 0.1) is 28.4 Å². The Morgan fingerprint density at radius 2 is 1.89 bits per heavy atom. The molecule has 3 N–H and O–H groups in total. The molecular formula is C25H23BrN4O5S2. The molecule has 37 heavy (non-hydrogen) atoms. The van der Waals surface area contributed by atoms with Crippen molar-refractivity contribution in [3.05, 3.63) is 93.7 Å². The summed E-state index contributed by atoms with van der Waals surface area (Å²) in [6.45, 7) is 1.78. The van der Waals surface area contributed by atoms with E-state index in [-0.39, 0.29) is 17.7 Å². The van der Waals surface area contributed by atoms with Gasteiger partial charge in [-0.25, -0.2) is 26.5 Å². The summed E-state index contributed by atoms with van der Waals surface area (Å²) in [4.78, 5) is 19.6. The van der Waals surface area contributed by atoms with Crippen molar-refractivity contribution in [2.24, 2.45) is 0 Å². The number of H-pyrrole nitrogens is 1. The van der Waals surface area contributed by atoms with Crippen LogP contribution in [-0.4, -0.2) is 32.7 Å². The number of aromatic amines is 1. The van der Waals surface area contributed by atoms with Crippen LogP contribution in [0.4, 0.5) is 0 Å². The summed E-state index contributed by atoms with van der Waals surface area (Å²) in [7, 11) is -7.68. The number of halogens is 1. The predicted molar refractivity (Wildman–Crippen MR) is 143 cm³/mol. The zero-order valence-electron chi connectivity index (χ0n) is 19.6. The molecule has 2 atom stereocenters. The van der Waals surface area contributed by atoms with Gasteiger partial charge in [0.25, 0.3) is 0 Å². The quantitative estimate of drug-likeness (QED) is 0.294. The van der Waals surface area contributed by atoms with E-state index in [9.17, 15) is 21.6 Å². The van der Waals surface area contributed by atoms with E-state index in [1.807, 2.05) is 35.1 Å². The van der Waals surface area contributed by atoms with Crippen molar-refractivity contribution in [3.63, 3.8) is 0 Å². The molecule has 1 amide bonds. The van der Waals surface area contributed by atoms with E-state index >= 15 is 0 Å². The van der Waals surface area contributed by atoms with Crippen LogP contribution in [0.2, 0.25) is 0 Å². The van der Waals surface area contributed by atoms with E-state index in [0.29, 0.717) is 26.9 Å². The lowest BCUT2D eigenvalue weighted by Gasteiger charge is -2.19. The minimum Gasteiger partial charge on any atom is -0.341 e. The van der Waals surface area contributed by atoms with Crippen LogP contribution in [0.25, 0.3) is 11.0 Å². The van der Waals surface area contributed by atoms with Crippen LogP contribution in [0.5, 0.6) is 0 Å². The molecule has 1 aliphatic rings. The van der Waals surface area contributed by atoms with Crippen LogP contribution in [0.15, 0.2) is 76.1 Å². The Morgan fingerprint density at radius 1 is 1.11 bits per heavy atom. The number of nitrogens with zero attached hydrogens (tertiary/aromatic N) is 1. The van der Waals surface area contributed by atoms with Gasteiger partial charge in [-0.1, -0.05) is 52.3 Å². The number of aryl methyl sites for hydroxylation is 1. The number of para-hydroxylation sites is 2. The second kappa shape index (κ2) is 9.67. The van der Waals surface area contributed by atoms with Gasteiger partial charge in [-0.15, -0.1) is 0 Å². The van der Waals surface area contributed by atoms with Crippen LogP contribution in [-0.2, 0) is 31.3 Å². The van der Waals surface area contributed by atoms with E-state index in [1.54, 1.807) is 31.2 Å². The Balaban J connectivity index is 1.50. The number of sulfonamides is 2. The van der Waals surface area contributed by atoms with E-state index in [1.165, 1.54) is 12.1 Å². The standard InChI is InChI=1S/C25H23BrN4O5S2/c1-15-11-16(9-10-19(15)23-14-24(31)30-37(23,34)35)12-22(25-27-20-7-2-3-8-21(20)28-25)29-36(32,33)18-6-4-5-17(26)13-18/h2-11,13,22-23,29H,12,14H2,1H3,(H,27,28)(H,30,31)/t22-,23?/m0/s1. The van der Waals surface area contributed by atoms with Gasteiger partial charge in [-0.05, 0) is 60.4 Å². The monoisotopic (exact) mass is 602 g/mol. The average Bonchev–Trinajstić information content (AvgIpc) is 3.38. The van der Waals surface area contributed by atoms with Gasteiger partial charge in [0.15, 0.2) is 0 Å². The second-order valence-electron chi connectivity index (χ2n) is 8.93. The Hall–Kier alpha value is -3.06. The fraction of sp³-hybridized carbons (Fsp3) is 0.200. The minimum atomic E-state index is -3.91. The number of carbonyl (C=O) groups excluding carboxylic acids is 1. The number of hydrogen-bond acceptors (Lipinski definition) is 6. The molecule has 12 heteroatoms. The molecule has 0 saturated carbocycles. The average molecular weight is 604 g/mol. The number of imidazole rings is 1. The van der Waals surface area contributed by atoms with E-state index in [4.69, 9.17) is 0 Å². The molecule has 1 saturated heterocycles. The molecule has 1 aromatic heterocycles. The van der Waals surface area contributed by atoms with Crippen LogP contribution in [0.3, 0.4) is 0 Å². The summed E-state index contributed by atoms with van der Waals surface area (Å²) in [6, 6.07) is 18.4. The third kappa shape index (κ3) is 5.33. The molecule has 1 fully saturated rings. The summed E-state index contributed by atoms with van der Waals surface area (Å²) >= 11 is 3.32. The Labute approximate surface area is 222 Å². The molecular weight excluding hydrogens is 580 g/mol. The first-order valence-corrected chi connectivity index (χ1v) is 15.2. The number of amides is 1. The number of nitrogens with one attached hydrogen (secondary N) is 3. The number of rotatable bonds is 7. The fourth-order valence-electron chi connectivity index (χ4n) is 4.51. The van der Waals surface area contributed by atoms with Gasteiger partial charge in [-0.3, -0.25) is 9.52 Å². The van der Waals surface area contributed by atoms with Gasteiger partial charge < -0.3 is 4.98 Å². The largest absolute Gasteiger partial charge is 0.341 e. The molecule has 9 nitrogen and oxygen atoms in total. The smallest absolute Gasteiger partial charge is 0.242 e. The highest BCUT2D eigenvalue weighted by Gasteiger charge is 2.38. The maximum Gasteiger partial charge on any atom is 0.242 e. The Morgan fingerprint density at radius 3 is 2.57 bits per heavy atom. The number of aromatic nitrogens is 2. The molecule has 192 valence electrons. The lowest BCUT2D eigenvalue weighted by Crippen LogP contribution is -2.31. The summed E-state index contributed by atoms with van der Waals surface area (Å²) in [6.07, 6.45) is 0.124. The van der Waals surface area contributed by atoms with E-state index in [2.05, 4.69) is 30.6 Å². The van der Waals surface area contributed by atoms with Gasteiger partial charge in [0.1, 0.15) is 11.1 Å². The SMILES string of the molecule is Cc1cc(C[C@H](NS(=O)(=O)c2cccc(Br)c2)c2nc3ccccc3[nH]2)ccc1C1CC(=O)NS1(=O)=O. The van der Waals surface area contributed by atoms with Crippen LogP contribution >= 0.6 is 15.9 Å².